The minimum Gasteiger partial charge on any atom is -0.384 e. The third kappa shape index (κ3) is 2.53. The van der Waals surface area contributed by atoms with Gasteiger partial charge in [0.15, 0.2) is 0 Å². The summed E-state index contributed by atoms with van der Waals surface area (Å²) in [4.78, 5) is 0. The van der Waals surface area contributed by atoms with Crippen LogP contribution in [-0.4, -0.2) is 22.9 Å². The van der Waals surface area contributed by atoms with Crippen LogP contribution in [0, 0.1) is 0 Å². The number of aromatic nitrogens is 2. The Balaban J connectivity index is 2.77. The number of nitrogens with two attached hydrogens (primary N) is 1. The minimum absolute atomic E-state index is 0.166. The predicted octanol–water partition coefficient (Wildman–Crippen LogP) is 0.220. The molecule has 0 aromatic carbocycles. The van der Waals surface area contributed by atoms with Crippen LogP contribution in [0.2, 0.25) is 0 Å². The number of nitrogen functional groups attached to an aromatic ring is 1. The number of nitrogens with one attached hydrogen (secondary N) is 1. The molecule has 0 saturated heterocycles. The van der Waals surface area contributed by atoms with Crippen molar-refractivity contribution in [3.63, 3.8) is 0 Å². The molecule has 0 unspecified atom stereocenters. The Bertz CT molecular complexity index is 470. The maximum atomic E-state index is 11.8. The van der Waals surface area contributed by atoms with Gasteiger partial charge in [0.05, 0.1) is 10.9 Å². The number of aryl methyl sites for hydroxylation is 1. The number of nitrogens with zero attached hydrogens (tertiary/aromatic N) is 2. The van der Waals surface area contributed by atoms with E-state index in [9.17, 15) is 8.42 Å². The van der Waals surface area contributed by atoms with Crippen LogP contribution in [0.4, 0.5) is 5.82 Å². The Kier molecular flexibility index (Phi) is 3.30. The van der Waals surface area contributed by atoms with Crippen molar-refractivity contribution in [3.05, 3.63) is 11.8 Å². The average Bonchev–Trinajstić information content (AvgIpc) is 2.43. The van der Waals surface area contributed by atoms with Gasteiger partial charge in [-0.05, 0) is 20.8 Å². The fraction of sp³-hybridized carbons (Fsp3) is 0.667. The van der Waals surface area contributed by atoms with Crippen LogP contribution in [0.3, 0.4) is 0 Å². The van der Waals surface area contributed by atoms with Gasteiger partial charge in [0.25, 0.3) is 0 Å². The standard InChI is InChI=1S/C9H18N4O2S/c1-9(2,3)16(14,15)12-6-7-5-11-13(4)8(7)10/h5,12H,6,10H2,1-4H3. The van der Waals surface area contributed by atoms with Gasteiger partial charge in [0.1, 0.15) is 5.82 Å². The lowest BCUT2D eigenvalue weighted by atomic mass is 10.3. The summed E-state index contributed by atoms with van der Waals surface area (Å²) in [6.45, 7) is 5.09. The summed E-state index contributed by atoms with van der Waals surface area (Å²) in [5, 5.41) is 3.94. The second-order valence-electron chi connectivity index (χ2n) is 4.62. The fourth-order valence-corrected chi connectivity index (χ4v) is 1.80. The van der Waals surface area contributed by atoms with Crippen molar-refractivity contribution in [1.82, 2.24) is 14.5 Å². The molecule has 6 nitrogen and oxygen atoms in total. The lowest BCUT2D eigenvalue weighted by Crippen LogP contribution is -2.39. The first-order chi connectivity index (χ1) is 7.15. The van der Waals surface area contributed by atoms with Crippen LogP contribution >= 0.6 is 0 Å². The average molecular weight is 246 g/mol. The SMILES string of the molecule is Cn1ncc(CNS(=O)(=O)C(C)(C)C)c1N. The van der Waals surface area contributed by atoms with Crippen molar-refractivity contribution in [2.45, 2.75) is 32.1 Å². The smallest absolute Gasteiger partial charge is 0.216 e. The molecule has 1 aromatic heterocycles. The highest BCUT2D eigenvalue weighted by molar-refractivity contribution is 7.90. The largest absolute Gasteiger partial charge is 0.384 e. The molecule has 0 saturated carbocycles. The third-order valence-electron chi connectivity index (χ3n) is 2.32. The van der Waals surface area contributed by atoms with Crippen molar-refractivity contribution in [2.75, 3.05) is 5.73 Å². The first-order valence-electron chi connectivity index (χ1n) is 4.91. The lowest BCUT2D eigenvalue weighted by molar-refractivity contribution is 0.545. The van der Waals surface area contributed by atoms with Crippen molar-refractivity contribution in [2.24, 2.45) is 7.05 Å². The van der Waals surface area contributed by atoms with E-state index in [0.717, 1.165) is 0 Å². The van der Waals surface area contributed by atoms with E-state index in [1.807, 2.05) is 0 Å². The van der Waals surface area contributed by atoms with E-state index in [4.69, 9.17) is 5.73 Å². The highest BCUT2D eigenvalue weighted by Gasteiger charge is 2.28. The zero-order valence-corrected chi connectivity index (χ0v) is 10.8. The zero-order chi connectivity index (χ0) is 12.6. The Morgan fingerprint density at radius 3 is 2.44 bits per heavy atom. The van der Waals surface area contributed by atoms with E-state index in [2.05, 4.69) is 9.82 Å². The maximum absolute atomic E-state index is 11.8. The molecule has 0 radical (unpaired) electrons. The molecular weight excluding hydrogens is 228 g/mol. The molecule has 7 heteroatoms. The molecule has 0 bridgehead atoms. The van der Waals surface area contributed by atoms with Crippen molar-refractivity contribution in [1.29, 1.82) is 0 Å². The summed E-state index contributed by atoms with van der Waals surface area (Å²) >= 11 is 0. The summed E-state index contributed by atoms with van der Waals surface area (Å²) in [5.41, 5.74) is 6.38. The topological polar surface area (TPSA) is 90.0 Å². The molecule has 3 N–H and O–H groups in total. The molecule has 16 heavy (non-hydrogen) atoms. The minimum atomic E-state index is -3.35. The van der Waals surface area contributed by atoms with Crippen LogP contribution < -0.4 is 10.5 Å². The summed E-state index contributed by atoms with van der Waals surface area (Å²) in [5.74, 6) is 0.469. The summed E-state index contributed by atoms with van der Waals surface area (Å²) in [7, 11) is -1.64. The third-order valence-corrected chi connectivity index (χ3v) is 4.46. The van der Waals surface area contributed by atoms with Gasteiger partial charge >= 0.3 is 0 Å². The van der Waals surface area contributed by atoms with Crippen LogP contribution in [0.5, 0.6) is 0 Å². The number of sulfonamides is 1. The van der Waals surface area contributed by atoms with Crippen LogP contribution in [0.1, 0.15) is 26.3 Å². The Labute approximate surface area is 95.9 Å². The Morgan fingerprint density at radius 2 is 2.06 bits per heavy atom. The first-order valence-corrected chi connectivity index (χ1v) is 6.39. The van der Waals surface area contributed by atoms with Gasteiger partial charge in [0.2, 0.25) is 10.0 Å². The monoisotopic (exact) mass is 246 g/mol. The molecular formula is C9H18N4O2S. The summed E-state index contributed by atoms with van der Waals surface area (Å²) in [6, 6.07) is 0. The highest BCUT2D eigenvalue weighted by atomic mass is 32.2. The zero-order valence-electron chi connectivity index (χ0n) is 9.98. The van der Waals surface area contributed by atoms with E-state index >= 15 is 0 Å². The van der Waals surface area contributed by atoms with Crippen molar-refractivity contribution >= 4 is 15.8 Å². The lowest BCUT2D eigenvalue weighted by Gasteiger charge is -2.19. The highest BCUT2D eigenvalue weighted by Crippen LogP contribution is 2.15. The van der Waals surface area contributed by atoms with Gasteiger partial charge in [-0.2, -0.15) is 5.10 Å². The molecule has 1 rings (SSSR count). The number of hydrogen-bond acceptors (Lipinski definition) is 4. The van der Waals surface area contributed by atoms with E-state index < -0.39 is 14.8 Å². The Hall–Kier alpha value is -1.08. The fourth-order valence-electron chi connectivity index (χ4n) is 1.02. The molecule has 0 aliphatic heterocycles. The maximum Gasteiger partial charge on any atom is 0.216 e. The van der Waals surface area contributed by atoms with Crippen molar-refractivity contribution in [3.8, 4) is 0 Å². The quantitative estimate of drug-likeness (QED) is 0.798. The van der Waals surface area contributed by atoms with Gasteiger partial charge in [0, 0.05) is 19.2 Å². The second kappa shape index (κ2) is 4.06. The van der Waals surface area contributed by atoms with E-state index in [0.29, 0.717) is 11.4 Å². The summed E-state index contributed by atoms with van der Waals surface area (Å²) in [6.07, 6.45) is 1.56. The molecule has 0 aliphatic carbocycles. The van der Waals surface area contributed by atoms with E-state index in [1.54, 1.807) is 34.0 Å². The van der Waals surface area contributed by atoms with Crippen molar-refractivity contribution < 1.29 is 8.42 Å². The van der Waals surface area contributed by atoms with Crippen LogP contribution in [0.15, 0.2) is 6.20 Å². The molecule has 0 amide bonds. The van der Waals surface area contributed by atoms with E-state index in [1.165, 1.54) is 4.68 Å². The molecule has 0 atom stereocenters. The molecule has 1 heterocycles. The number of rotatable bonds is 3. The first kappa shape index (κ1) is 13.0. The van der Waals surface area contributed by atoms with E-state index in [-0.39, 0.29) is 6.54 Å². The number of anilines is 1. The van der Waals surface area contributed by atoms with Crippen LogP contribution in [0.25, 0.3) is 0 Å². The van der Waals surface area contributed by atoms with Gasteiger partial charge in [-0.25, -0.2) is 13.1 Å². The van der Waals surface area contributed by atoms with Gasteiger partial charge in [-0.15, -0.1) is 0 Å². The Morgan fingerprint density at radius 1 is 1.50 bits per heavy atom. The summed E-state index contributed by atoms with van der Waals surface area (Å²) < 4.78 is 26.7. The van der Waals surface area contributed by atoms with Gasteiger partial charge < -0.3 is 5.73 Å². The molecule has 0 fully saturated rings. The molecule has 1 aromatic rings. The number of hydrogen-bond donors (Lipinski definition) is 2. The molecule has 0 spiro atoms. The van der Waals surface area contributed by atoms with Gasteiger partial charge in [-0.3, -0.25) is 4.68 Å². The molecule has 92 valence electrons. The molecule has 0 aliphatic rings. The second-order valence-corrected chi connectivity index (χ2v) is 7.14. The van der Waals surface area contributed by atoms with Gasteiger partial charge in [-0.1, -0.05) is 0 Å². The van der Waals surface area contributed by atoms with Crippen LogP contribution in [-0.2, 0) is 23.6 Å². The normalized spacial score (nSPS) is 13.0. The predicted molar refractivity (Wildman–Crippen MR) is 63.1 cm³/mol.